The normalized spacial score (nSPS) is 12.3. The zero-order chi connectivity index (χ0) is 20.9. The van der Waals surface area contributed by atoms with E-state index in [0.29, 0.717) is 45.4 Å². The minimum Gasteiger partial charge on any atom is -0.486 e. The summed E-state index contributed by atoms with van der Waals surface area (Å²) >= 11 is 2.47. The average Bonchev–Trinajstić information content (AvgIpc) is 3.19. The zero-order valence-corrected chi connectivity index (χ0v) is 17.6. The summed E-state index contributed by atoms with van der Waals surface area (Å²) in [5.41, 5.74) is 2.19. The van der Waals surface area contributed by atoms with E-state index in [1.165, 1.54) is 23.1 Å². The van der Waals surface area contributed by atoms with Gasteiger partial charge in [0.25, 0.3) is 5.91 Å². The lowest BCUT2D eigenvalue weighted by Gasteiger charge is -2.18. The van der Waals surface area contributed by atoms with Crippen LogP contribution in [0.3, 0.4) is 0 Å². The van der Waals surface area contributed by atoms with Crippen LogP contribution in [-0.2, 0) is 4.79 Å². The molecule has 0 saturated heterocycles. The van der Waals surface area contributed by atoms with Gasteiger partial charge in [-0.05, 0) is 31.2 Å². The number of thioether (sulfide) groups is 1. The molecule has 2 amide bonds. The Bertz CT molecular complexity index is 1090. The molecule has 0 unspecified atom stereocenters. The molecule has 10 heteroatoms. The fraction of sp³-hybridized carbons (Fsp3) is 0.200. The van der Waals surface area contributed by atoms with Crippen molar-refractivity contribution in [2.24, 2.45) is 0 Å². The smallest absolute Gasteiger partial charge is 0.257 e. The molecule has 8 nitrogen and oxygen atoms in total. The van der Waals surface area contributed by atoms with Crippen LogP contribution in [0, 0.1) is 6.92 Å². The van der Waals surface area contributed by atoms with Crippen LogP contribution in [-0.4, -0.2) is 41.0 Å². The number of rotatable bonds is 6. The number of carbonyl (C=O) groups is 2. The predicted octanol–water partition coefficient (Wildman–Crippen LogP) is 3.60. The SMILES string of the molecule is Cc1cccc(C(=O)Nc2nnc(SCC(=O)Nc3ccc4c(c3)OCCO4)s2)c1. The van der Waals surface area contributed by atoms with Gasteiger partial charge in [-0.25, -0.2) is 0 Å². The Morgan fingerprint density at radius 1 is 1.07 bits per heavy atom. The highest BCUT2D eigenvalue weighted by Crippen LogP contribution is 2.33. The fourth-order valence-electron chi connectivity index (χ4n) is 2.72. The minimum absolute atomic E-state index is 0.162. The molecule has 30 heavy (non-hydrogen) atoms. The molecule has 0 spiro atoms. The molecule has 0 radical (unpaired) electrons. The topological polar surface area (TPSA) is 102 Å². The highest BCUT2D eigenvalue weighted by atomic mass is 32.2. The number of hydrogen-bond donors (Lipinski definition) is 2. The number of benzene rings is 2. The number of aromatic nitrogens is 2. The molecule has 0 aliphatic carbocycles. The van der Waals surface area contributed by atoms with Gasteiger partial charge < -0.3 is 14.8 Å². The van der Waals surface area contributed by atoms with Crippen molar-refractivity contribution in [2.45, 2.75) is 11.3 Å². The molecule has 2 N–H and O–H groups in total. The Hall–Kier alpha value is -3.11. The molecule has 3 aromatic rings. The first-order chi connectivity index (χ1) is 14.6. The summed E-state index contributed by atoms with van der Waals surface area (Å²) in [7, 11) is 0. The number of ether oxygens (including phenoxy) is 2. The summed E-state index contributed by atoms with van der Waals surface area (Å²) in [4.78, 5) is 24.5. The first-order valence-corrected chi connectivity index (χ1v) is 10.9. The molecular weight excluding hydrogens is 424 g/mol. The van der Waals surface area contributed by atoms with Crippen molar-refractivity contribution in [3.05, 3.63) is 53.6 Å². The van der Waals surface area contributed by atoms with Gasteiger partial charge in [-0.1, -0.05) is 40.8 Å². The number of fused-ring (bicyclic) bond motifs is 1. The molecule has 2 heterocycles. The van der Waals surface area contributed by atoms with Gasteiger partial charge in [0.05, 0.1) is 5.75 Å². The Balaban J connectivity index is 1.29. The van der Waals surface area contributed by atoms with Gasteiger partial charge in [0.2, 0.25) is 11.0 Å². The summed E-state index contributed by atoms with van der Waals surface area (Å²) in [5, 5.41) is 13.9. The van der Waals surface area contributed by atoms with Gasteiger partial charge in [-0.3, -0.25) is 14.9 Å². The van der Waals surface area contributed by atoms with Gasteiger partial charge in [0.15, 0.2) is 15.8 Å². The molecule has 2 aromatic carbocycles. The summed E-state index contributed by atoms with van der Waals surface area (Å²) in [6, 6.07) is 12.6. The second kappa shape index (κ2) is 9.14. The molecule has 0 saturated carbocycles. The lowest BCUT2D eigenvalue weighted by molar-refractivity contribution is -0.113. The summed E-state index contributed by atoms with van der Waals surface area (Å²) in [6.45, 7) is 2.93. The molecule has 1 aliphatic rings. The second-order valence-corrected chi connectivity index (χ2v) is 8.59. The van der Waals surface area contributed by atoms with Gasteiger partial charge in [0, 0.05) is 17.3 Å². The Morgan fingerprint density at radius 3 is 2.73 bits per heavy atom. The highest BCUT2D eigenvalue weighted by molar-refractivity contribution is 8.01. The van der Waals surface area contributed by atoms with E-state index in [-0.39, 0.29) is 17.6 Å². The minimum atomic E-state index is -0.247. The van der Waals surface area contributed by atoms with E-state index < -0.39 is 0 Å². The number of hydrogen-bond acceptors (Lipinski definition) is 8. The first-order valence-electron chi connectivity index (χ1n) is 9.11. The van der Waals surface area contributed by atoms with E-state index in [1.54, 1.807) is 30.3 Å². The van der Waals surface area contributed by atoms with Crippen molar-refractivity contribution in [2.75, 3.05) is 29.6 Å². The first kappa shape index (κ1) is 20.2. The zero-order valence-electron chi connectivity index (χ0n) is 16.0. The largest absolute Gasteiger partial charge is 0.486 e. The maximum absolute atomic E-state index is 12.3. The third kappa shape index (κ3) is 5.08. The van der Waals surface area contributed by atoms with Crippen molar-refractivity contribution < 1.29 is 19.1 Å². The number of carbonyl (C=O) groups excluding carboxylic acids is 2. The third-order valence-electron chi connectivity index (χ3n) is 4.06. The quantitative estimate of drug-likeness (QED) is 0.444. The monoisotopic (exact) mass is 442 g/mol. The van der Waals surface area contributed by atoms with Crippen LogP contribution in [0.15, 0.2) is 46.8 Å². The van der Waals surface area contributed by atoms with E-state index >= 15 is 0 Å². The van der Waals surface area contributed by atoms with Gasteiger partial charge >= 0.3 is 0 Å². The van der Waals surface area contributed by atoms with E-state index in [4.69, 9.17) is 9.47 Å². The van der Waals surface area contributed by atoms with Gasteiger partial charge in [0.1, 0.15) is 13.2 Å². The van der Waals surface area contributed by atoms with E-state index in [2.05, 4.69) is 20.8 Å². The molecule has 0 bridgehead atoms. The summed E-state index contributed by atoms with van der Waals surface area (Å²) in [5.74, 6) is 1.02. The Morgan fingerprint density at radius 2 is 1.90 bits per heavy atom. The van der Waals surface area contributed by atoms with Crippen molar-refractivity contribution in [1.82, 2.24) is 10.2 Å². The predicted molar refractivity (Wildman–Crippen MR) is 116 cm³/mol. The van der Waals surface area contributed by atoms with Crippen LogP contribution in [0.25, 0.3) is 0 Å². The standard InChI is InChI=1S/C20H18N4O4S2/c1-12-3-2-4-13(9-12)18(26)22-19-23-24-20(30-19)29-11-17(25)21-14-5-6-15-16(10-14)28-8-7-27-15/h2-6,9-10H,7-8,11H2,1H3,(H,21,25)(H,22,23,26). The number of anilines is 2. The van der Waals surface area contributed by atoms with Gasteiger partial charge in [-0.15, -0.1) is 10.2 Å². The summed E-state index contributed by atoms with van der Waals surface area (Å²) in [6.07, 6.45) is 0. The Kier molecular flexibility index (Phi) is 6.15. The average molecular weight is 443 g/mol. The van der Waals surface area contributed by atoms with Crippen LogP contribution in [0.1, 0.15) is 15.9 Å². The van der Waals surface area contributed by atoms with Crippen LogP contribution in [0.2, 0.25) is 0 Å². The fourth-order valence-corrected chi connectivity index (χ4v) is 4.27. The van der Waals surface area contributed by atoms with Crippen LogP contribution in [0.5, 0.6) is 11.5 Å². The molecule has 1 aliphatic heterocycles. The van der Waals surface area contributed by atoms with E-state index in [1.807, 2.05) is 19.1 Å². The summed E-state index contributed by atoms with van der Waals surface area (Å²) < 4.78 is 11.6. The van der Waals surface area contributed by atoms with Crippen molar-refractivity contribution in [1.29, 1.82) is 0 Å². The van der Waals surface area contributed by atoms with Crippen molar-refractivity contribution >= 4 is 45.7 Å². The van der Waals surface area contributed by atoms with Crippen molar-refractivity contribution in [3.8, 4) is 11.5 Å². The Labute approximate surface area is 181 Å². The highest BCUT2D eigenvalue weighted by Gasteiger charge is 2.14. The maximum atomic E-state index is 12.3. The van der Waals surface area contributed by atoms with Crippen molar-refractivity contribution in [3.63, 3.8) is 0 Å². The molecule has 0 atom stereocenters. The lowest BCUT2D eigenvalue weighted by Crippen LogP contribution is -2.17. The molecule has 0 fully saturated rings. The third-order valence-corrected chi connectivity index (χ3v) is 6.03. The molecule has 1 aromatic heterocycles. The van der Waals surface area contributed by atoms with Crippen LogP contribution < -0.4 is 20.1 Å². The lowest BCUT2D eigenvalue weighted by atomic mass is 10.1. The molecule has 154 valence electrons. The molecule has 4 rings (SSSR count). The maximum Gasteiger partial charge on any atom is 0.257 e. The second-order valence-electron chi connectivity index (χ2n) is 6.39. The van der Waals surface area contributed by atoms with E-state index in [9.17, 15) is 9.59 Å². The molecular formula is C20H18N4O4S2. The van der Waals surface area contributed by atoms with Gasteiger partial charge in [-0.2, -0.15) is 0 Å². The number of nitrogens with zero attached hydrogens (tertiary/aromatic N) is 2. The van der Waals surface area contributed by atoms with E-state index in [0.717, 1.165) is 5.56 Å². The number of aryl methyl sites for hydroxylation is 1. The van der Waals surface area contributed by atoms with Crippen LogP contribution in [0.4, 0.5) is 10.8 Å². The van der Waals surface area contributed by atoms with Crippen LogP contribution >= 0.6 is 23.1 Å². The number of nitrogens with one attached hydrogen (secondary N) is 2. The number of amides is 2.